The van der Waals surface area contributed by atoms with Gasteiger partial charge in [-0.2, -0.15) is 0 Å². The van der Waals surface area contributed by atoms with E-state index >= 15 is 0 Å². The van der Waals surface area contributed by atoms with Gasteiger partial charge < -0.3 is 10.1 Å². The molecule has 0 unspecified atom stereocenters. The molecule has 1 aromatic heterocycles. The number of ether oxygens (including phenoxy) is 1. The average Bonchev–Trinajstić information content (AvgIpc) is 2.65. The number of fused-ring (bicyclic) bond motifs is 1. The molecule has 1 N–H and O–H groups in total. The van der Waals surface area contributed by atoms with Crippen molar-refractivity contribution in [1.82, 2.24) is 14.9 Å². The van der Waals surface area contributed by atoms with Crippen molar-refractivity contribution in [2.24, 2.45) is 0 Å². The van der Waals surface area contributed by atoms with E-state index in [9.17, 15) is 9.59 Å². The highest BCUT2D eigenvalue weighted by atomic mass is 35.5. The molecule has 3 rings (SSSR count). The van der Waals surface area contributed by atoms with Crippen LogP contribution in [0.5, 0.6) is 5.75 Å². The summed E-state index contributed by atoms with van der Waals surface area (Å²) in [6.45, 7) is 1.93. The van der Waals surface area contributed by atoms with E-state index in [1.54, 1.807) is 31.4 Å². The first-order valence-corrected chi connectivity index (χ1v) is 9.60. The summed E-state index contributed by atoms with van der Waals surface area (Å²) in [5.74, 6) is 1.03. The highest BCUT2D eigenvalue weighted by Crippen LogP contribution is 2.27. The Hall–Kier alpha value is -2.51. The van der Waals surface area contributed by atoms with E-state index in [0.717, 1.165) is 0 Å². The quantitative estimate of drug-likeness (QED) is 0.388. The van der Waals surface area contributed by atoms with Crippen molar-refractivity contribution in [2.45, 2.75) is 12.1 Å². The van der Waals surface area contributed by atoms with Crippen molar-refractivity contribution < 1.29 is 9.53 Å². The minimum Gasteiger partial charge on any atom is -0.495 e. The van der Waals surface area contributed by atoms with Gasteiger partial charge in [-0.25, -0.2) is 4.98 Å². The van der Waals surface area contributed by atoms with Crippen molar-refractivity contribution in [3.63, 3.8) is 0 Å². The average molecular weight is 404 g/mol. The fourth-order valence-corrected chi connectivity index (χ4v) is 3.66. The maximum Gasteiger partial charge on any atom is 0.266 e. The van der Waals surface area contributed by atoms with Gasteiger partial charge in [-0.05, 0) is 30.3 Å². The molecule has 1 heterocycles. The molecule has 0 atom stereocenters. The lowest BCUT2D eigenvalue weighted by Gasteiger charge is -2.15. The SMILES string of the molecule is COc1ccccc1-n1c(SCCNC(C)=O)nc2cc(Cl)ccc2c1=O. The predicted octanol–water partition coefficient (Wildman–Crippen LogP) is 3.28. The zero-order valence-electron chi connectivity index (χ0n) is 14.9. The molecule has 1 amide bonds. The summed E-state index contributed by atoms with van der Waals surface area (Å²) in [7, 11) is 1.56. The van der Waals surface area contributed by atoms with E-state index in [1.807, 2.05) is 18.2 Å². The fraction of sp³-hybridized carbons (Fsp3) is 0.211. The van der Waals surface area contributed by atoms with E-state index in [1.165, 1.54) is 23.3 Å². The third-order valence-electron chi connectivity index (χ3n) is 3.83. The Morgan fingerprint density at radius 1 is 1.30 bits per heavy atom. The van der Waals surface area contributed by atoms with Crippen LogP contribution >= 0.6 is 23.4 Å². The summed E-state index contributed by atoms with van der Waals surface area (Å²) in [5.41, 5.74) is 0.931. The van der Waals surface area contributed by atoms with Crippen LogP contribution in [0.2, 0.25) is 5.02 Å². The third-order valence-corrected chi connectivity index (χ3v) is 5.01. The zero-order chi connectivity index (χ0) is 19.4. The van der Waals surface area contributed by atoms with Crippen LogP contribution in [-0.2, 0) is 4.79 Å². The van der Waals surface area contributed by atoms with Gasteiger partial charge in [0.15, 0.2) is 5.16 Å². The van der Waals surface area contributed by atoms with E-state index in [2.05, 4.69) is 10.3 Å². The summed E-state index contributed by atoms with van der Waals surface area (Å²) < 4.78 is 6.96. The van der Waals surface area contributed by atoms with Gasteiger partial charge in [-0.1, -0.05) is 35.5 Å². The number of nitrogens with zero attached hydrogens (tertiary/aromatic N) is 2. The molecule has 0 radical (unpaired) electrons. The van der Waals surface area contributed by atoms with E-state index < -0.39 is 0 Å². The molecule has 140 valence electrons. The first-order valence-electron chi connectivity index (χ1n) is 8.24. The molecular formula is C19H18ClN3O3S. The summed E-state index contributed by atoms with van der Waals surface area (Å²) in [6, 6.07) is 12.3. The van der Waals surface area contributed by atoms with Crippen LogP contribution < -0.4 is 15.6 Å². The number of carbonyl (C=O) groups is 1. The van der Waals surface area contributed by atoms with Crippen LogP contribution in [0, 0.1) is 0 Å². The van der Waals surface area contributed by atoms with Gasteiger partial charge in [-0.3, -0.25) is 14.2 Å². The minimum absolute atomic E-state index is 0.101. The highest BCUT2D eigenvalue weighted by Gasteiger charge is 2.16. The first kappa shape index (κ1) is 19.3. The molecule has 0 aliphatic carbocycles. The Balaban J connectivity index is 2.15. The number of nitrogens with one attached hydrogen (secondary N) is 1. The van der Waals surface area contributed by atoms with Crippen molar-refractivity contribution >= 4 is 40.2 Å². The lowest BCUT2D eigenvalue weighted by atomic mass is 10.2. The normalized spacial score (nSPS) is 10.8. The van der Waals surface area contributed by atoms with Crippen LogP contribution in [0.3, 0.4) is 0 Å². The second-order valence-electron chi connectivity index (χ2n) is 5.70. The lowest BCUT2D eigenvalue weighted by Crippen LogP contribution is -2.24. The monoisotopic (exact) mass is 403 g/mol. The molecule has 0 saturated heterocycles. The molecule has 3 aromatic rings. The highest BCUT2D eigenvalue weighted by molar-refractivity contribution is 7.99. The second-order valence-corrected chi connectivity index (χ2v) is 7.20. The van der Waals surface area contributed by atoms with Crippen LogP contribution in [0.25, 0.3) is 16.6 Å². The van der Waals surface area contributed by atoms with Gasteiger partial charge >= 0.3 is 0 Å². The molecule has 0 bridgehead atoms. The second kappa shape index (κ2) is 8.45. The number of para-hydroxylation sites is 2. The van der Waals surface area contributed by atoms with Gasteiger partial charge in [-0.15, -0.1) is 0 Å². The number of methoxy groups -OCH3 is 1. The summed E-state index contributed by atoms with van der Waals surface area (Å²) in [6.07, 6.45) is 0. The Morgan fingerprint density at radius 2 is 2.07 bits per heavy atom. The molecule has 0 fully saturated rings. The topological polar surface area (TPSA) is 73.2 Å². The number of thioether (sulfide) groups is 1. The van der Waals surface area contributed by atoms with Gasteiger partial charge in [0, 0.05) is 24.2 Å². The molecule has 8 heteroatoms. The standard InChI is InChI=1S/C19H18ClN3O3S/c1-12(24)21-9-10-27-19-22-15-11-13(20)7-8-14(15)18(25)23(19)16-5-3-4-6-17(16)26-2/h3-8,11H,9-10H2,1-2H3,(H,21,24). The Morgan fingerprint density at radius 3 is 2.81 bits per heavy atom. The van der Waals surface area contributed by atoms with Gasteiger partial charge in [0.2, 0.25) is 5.91 Å². The number of amides is 1. The van der Waals surface area contributed by atoms with E-state index in [4.69, 9.17) is 16.3 Å². The number of rotatable bonds is 6. The zero-order valence-corrected chi connectivity index (χ0v) is 16.4. The van der Waals surface area contributed by atoms with Crippen LogP contribution in [-0.4, -0.2) is 34.9 Å². The number of hydrogen-bond donors (Lipinski definition) is 1. The Kier molecular flexibility index (Phi) is 6.03. The minimum atomic E-state index is -0.205. The number of hydrogen-bond acceptors (Lipinski definition) is 5. The van der Waals surface area contributed by atoms with E-state index in [-0.39, 0.29) is 11.5 Å². The molecule has 0 spiro atoms. The first-order chi connectivity index (χ1) is 13.0. The number of halogens is 1. The van der Waals surface area contributed by atoms with Crippen molar-refractivity contribution in [2.75, 3.05) is 19.4 Å². The molecule has 0 aliphatic rings. The Bertz CT molecular complexity index is 1050. The molecule has 6 nitrogen and oxygen atoms in total. The smallest absolute Gasteiger partial charge is 0.266 e. The van der Waals surface area contributed by atoms with Crippen LogP contribution in [0.1, 0.15) is 6.92 Å². The van der Waals surface area contributed by atoms with Gasteiger partial charge in [0.25, 0.3) is 5.56 Å². The predicted molar refractivity (Wildman–Crippen MR) is 108 cm³/mol. The molecule has 2 aromatic carbocycles. The van der Waals surface area contributed by atoms with Gasteiger partial charge in [0.05, 0.1) is 23.7 Å². The van der Waals surface area contributed by atoms with E-state index in [0.29, 0.717) is 44.8 Å². The summed E-state index contributed by atoms with van der Waals surface area (Å²) in [5, 5.41) is 4.22. The van der Waals surface area contributed by atoms with Crippen molar-refractivity contribution in [1.29, 1.82) is 0 Å². The Labute approximate surface area is 165 Å². The summed E-state index contributed by atoms with van der Waals surface area (Å²) in [4.78, 5) is 28.9. The maximum atomic E-state index is 13.2. The molecule has 0 aliphatic heterocycles. The van der Waals surface area contributed by atoms with Crippen molar-refractivity contribution in [3.05, 3.63) is 57.8 Å². The van der Waals surface area contributed by atoms with Crippen LogP contribution in [0.4, 0.5) is 0 Å². The molecule has 27 heavy (non-hydrogen) atoms. The van der Waals surface area contributed by atoms with Crippen LogP contribution in [0.15, 0.2) is 52.4 Å². The number of aromatic nitrogens is 2. The number of carbonyl (C=O) groups excluding carboxylic acids is 1. The van der Waals surface area contributed by atoms with Gasteiger partial charge in [0.1, 0.15) is 5.75 Å². The summed E-state index contributed by atoms with van der Waals surface area (Å²) >= 11 is 7.44. The third kappa shape index (κ3) is 4.26. The lowest BCUT2D eigenvalue weighted by molar-refractivity contribution is -0.118. The molecule has 0 saturated carbocycles. The van der Waals surface area contributed by atoms with Crippen molar-refractivity contribution in [3.8, 4) is 11.4 Å². The molecular weight excluding hydrogens is 386 g/mol. The fourth-order valence-electron chi connectivity index (χ4n) is 2.63. The number of benzene rings is 2. The largest absolute Gasteiger partial charge is 0.495 e. The maximum absolute atomic E-state index is 13.2.